The molecule has 0 saturated carbocycles. The summed E-state index contributed by atoms with van der Waals surface area (Å²) < 4.78 is 0.630. The minimum absolute atomic E-state index is 0.0183. The predicted octanol–water partition coefficient (Wildman–Crippen LogP) is 1.58. The van der Waals surface area contributed by atoms with Gasteiger partial charge in [-0.25, -0.2) is 0 Å². The number of benzene rings is 1. The number of oxime groups is 1. The lowest BCUT2D eigenvalue weighted by Gasteiger charge is -2.04. The highest BCUT2D eigenvalue weighted by atomic mass is 79.9. The molecule has 0 bridgehead atoms. The Kier molecular flexibility index (Phi) is 4.57. The van der Waals surface area contributed by atoms with Crippen LogP contribution in [0.25, 0.3) is 0 Å². The SMILES string of the molecule is N/C(CNC(=O)c1ccc(Cl)c(Br)c1)=N/O. The van der Waals surface area contributed by atoms with Gasteiger partial charge in [-0.1, -0.05) is 16.8 Å². The molecule has 0 aliphatic carbocycles. The molecule has 0 spiro atoms. The summed E-state index contributed by atoms with van der Waals surface area (Å²) in [5.74, 6) is -0.398. The molecule has 0 aromatic heterocycles. The van der Waals surface area contributed by atoms with Crippen LogP contribution >= 0.6 is 27.5 Å². The summed E-state index contributed by atoms with van der Waals surface area (Å²) >= 11 is 8.99. The number of nitrogens with two attached hydrogens (primary N) is 1. The average molecular weight is 307 g/mol. The molecular formula is C9H9BrClN3O2. The average Bonchev–Trinajstić information content (AvgIpc) is 2.29. The Balaban J connectivity index is 2.70. The fraction of sp³-hybridized carbons (Fsp3) is 0.111. The lowest BCUT2D eigenvalue weighted by Crippen LogP contribution is -2.33. The van der Waals surface area contributed by atoms with Crippen LogP contribution in [0.5, 0.6) is 0 Å². The molecule has 0 aliphatic rings. The van der Waals surface area contributed by atoms with E-state index in [-0.39, 0.29) is 18.3 Å². The molecule has 1 amide bonds. The van der Waals surface area contributed by atoms with Crippen molar-refractivity contribution in [2.24, 2.45) is 10.9 Å². The standard InChI is InChI=1S/C9H9BrClN3O2/c10-6-3-5(1-2-7(6)11)9(15)13-4-8(12)14-16/h1-3,16H,4H2,(H2,12,14)(H,13,15). The van der Waals surface area contributed by atoms with E-state index in [1.807, 2.05) is 0 Å². The van der Waals surface area contributed by atoms with Gasteiger partial charge in [0.1, 0.15) is 0 Å². The third-order valence-electron chi connectivity index (χ3n) is 1.74. The van der Waals surface area contributed by atoms with Crippen LogP contribution in [-0.4, -0.2) is 23.5 Å². The maximum Gasteiger partial charge on any atom is 0.251 e. The van der Waals surface area contributed by atoms with Gasteiger partial charge in [0, 0.05) is 10.0 Å². The van der Waals surface area contributed by atoms with Crippen molar-refractivity contribution in [3.8, 4) is 0 Å². The number of amidine groups is 1. The van der Waals surface area contributed by atoms with Crippen LogP contribution in [0.15, 0.2) is 27.8 Å². The van der Waals surface area contributed by atoms with Crippen LogP contribution in [0.2, 0.25) is 5.02 Å². The molecule has 86 valence electrons. The van der Waals surface area contributed by atoms with E-state index >= 15 is 0 Å². The minimum atomic E-state index is -0.330. The van der Waals surface area contributed by atoms with Crippen molar-refractivity contribution in [3.05, 3.63) is 33.3 Å². The van der Waals surface area contributed by atoms with Crippen molar-refractivity contribution in [2.45, 2.75) is 0 Å². The molecule has 0 unspecified atom stereocenters. The molecule has 1 aromatic rings. The second-order valence-corrected chi connectivity index (χ2v) is 4.16. The largest absolute Gasteiger partial charge is 0.409 e. The van der Waals surface area contributed by atoms with E-state index < -0.39 is 0 Å². The maximum absolute atomic E-state index is 11.6. The number of amides is 1. The molecule has 1 rings (SSSR count). The zero-order valence-electron chi connectivity index (χ0n) is 8.08. The first-order chi connectivity index (χ1) is 7.54. The first-order valence-corrected chi connectivity index (χ1v) is 5.41. The topological polar surface area (TPSA) is 87.7 Å². The Morgan fingerprint density at radius 1 is 1.62 bits per heavy atom. The van der Waals surface area contributed by atoms with Gasteiger partial charge in [0.05, 0.1) is 11.6 Å². The fourth-order valence-electron chi connectivity index (χ4n) is 0.946. The van der Waals surface area contributed by atoms with Gasteiger partial charge < -0.3 is 16.3 Å². The van der Waals surface area contributed by atoms with E-state index in [0.29, 0.717) is 15.1 Å². The minimum Gasteiger partial charge on any atom is -0.409 e. The monoisotopic (exact) mass is 305 g/mol. The summed E-state index contributed by atoms with van der Waals surface area (Å²) in [6.45, 7) is -0.0183. The highest BCUT2D eigenvalue weighted by Crippen LogP contribution is 2.22. The summed E-state index contributed by atoms with van der Waals surface area (Å²) in [5.41, 5.74) is 5.64. The van der Waals surface area contributed by atoms with E-state index in [9.17, 15) is 4.79 Å². The molecule has 16 heavy (non-hydrogen) atoms. The Morgan fingerprint density at radius 3 is 2.88 bits per heavy atom. The Morgan fingerprint density at radius 2 is 2.31 bits per heavy atom. The second-order valence-electron chi connectivity index (χ2n) is 2.90. The van der Waals surface area contributed by atoms with E-state index in [2.05, 4.69) is 26.4 Å². The normalized spacial score (nSPS) is 11.2. The van der Waals surface area contributed by atoms with E-state index in [4.69, 9.17) is 22.5 Å². The molecule has 0 radical (unpaired) electrons. The van der Waals surface area contributed by atoms with Gasteiger partial charge >= 0.3 is 0 Å². The summed E-state index contributed by atoms with van der Waals surface area (Å²) in [5, 5.41) is 14.0. The van der Waals surface area contributed by atoms with Crippen molar-refractivity contribution >= 4 is 39.3 Å². The van der Waals surface area contributed by atoms with Crippen molar-refractivity contribution in [2.75, 3.05) is 6.54 Å². The van der Waals surface area contributed by atoms with Crippen molar-refractivity contribution < 1.29 is 10.0 Å². The molecule has 0 atom stereocenters. The van der Waals surface area contributed by atoms with Gasteiger partial charge in [-0.3, -0.25) is 4.79 Å². The number of rotatable bonds is 3. The molecule has 0 fully saturated rings. The zero-order valence-corrected chi connectivity index (χ0v) is 10.4. The molecule has 7 heteroatoms. The van der Waals surface area contributed by atoms with E-state index in [1.165, 1.54) is 0 Å². The van der Waals surface area contributed by atoms with Gasteiger partial charge in [0.2, 0.25) is 0 Å². The summed E-state index contributed by atoms with van der Waals surface area (Å²) in [7, 11) is 0. The zero-order chi connectivity index (χ0) is 12.1. The van der Waals surface area contributed by atoms with Crippen LogP contribution in [0, 0.1) is 0 Å². The summed E-state index contributed by atoms with van der Waals surface area (Å²) in [4.78, 5) is 11.6. The number of carbonyl (C=O) groups excluding carboxylic acids is 1. The molecular weight excluding hydrogens is 297 g/mol. The highest BCUT2D eigenvalue weighted by molar-refractivity contribution is 9.10. The van der Waals surface area contributed by atoms with Gasteiger partial charge in [-0.2, -0.15) is 0 Å². The molecule has 0 heterocycles. The molecule has 5 nitrogen and oxygen atoms in total. The lowest BCUT2D eigenvalue weighted by molar-refractivity contribution is 0.0959. The van der Waals surface area contributed by atoms with E-state index in [1.54, 1.807) is 18.2 Å². The first kappa shape index (κ1) is 12.8. The molecule has 0 saturated heterocycles. The predicted molar refractivity (Wildman–Crippen MR) is 64.9 cm³/mol. The lowest BCUT2D eigenvalue weighted by atomic mass is 10.2. The van der Waals surface area contributed by atoms with Crippen LogP contribution in [-0.2, 0) is 0 Å². The van der Waals surface area contributed by atoms with Crippen molar-refractivity contribution in [1.82, 2.24) is 5.32 Å². The maximum atomic E-state index is 11.6. The second kappa shape index (κ2) is 5.72. The number of nitrogens with one attached hydrogen (secondary N) is 1. The van der Waals surface area contributed by atoms with Crippen LogP contribution in [0.3, 0.4) is 0 Å². The number of nitrogens with zero attached hydrogens (tertiary/aromatic N) is 1. The molecule has 0 aliphatic heterocycles. The number of hydrogen-bond donors (Lipinski definition) is 3. The molecule has 1 aromatic carbocycles. The van der Waals surface area contributed by atoms with Gasteiger partial charge in [-0.05, 0) is 34.1 Å². The van der Waals surface area contributed by atoms with E-state index in [0.717, 1.165) is 0 Å². The smallest absolute Gasteiger partial charge is 0.251 e. The number of carbonyl (C=O) groups is 1. The van der Waals surface area contributed by atoms with Crippen molar-refractivity contribution in [3.63, 3.8) is 0 Å². The van der Waals surface area contributed by atoms with Crippen molar-refractivity contribution in [1.29, 1.82) is 0 Å². The third-order valence-corrected chi connectivity index (χ3v) is 2.95. The Bertz CT molecular complexity index is 437. The van der Waals surface area contributed by atoms with Gasteiger partial charge in [0.25, 0.3) is 5.91 Å². The first-order valence-electron chi connectivity index (χ1n) is 4.24. The fourth-order valence-corrected chi connectivity index (χ4v) is 1.44. The van der Waals surface area contributed by atoms with Gasteiger partial charge in [-0.15, -0.1) is 0 Å². The van der Waals surface area contributed by atoms with Crippen LogP contribution in [0.4, 0.5) is 0 Å². The summed E-state index contributed by atoms with van der Waals surface area (Å²) in [6.07, 6.45) is 0. The Labute approximate surface area is 105 Å². The Hall–Kier alpha value is -1.27. The van der Waals surface area contributed by atoms with Gasteiger partial charge in [0.15, 0.2) is 5.84 Å². The number of halogens is 2. The summed E-state index contributed by atoms with van der Waals surface area (Å²) in [6, 6.07) is 4.77. The third kappa shape index (κ3) is 3.39. The number of hydrogen-bond acceptors (Lipinski definition) is 3. The molecule has 4 N–H and O–H groups in total. The highest BCUT2D eigenvalue weighted by Gasteiger charge is 2.07. The van der Waals surface area contributed by atoms with Crippen LogP contribution < -0.4 is 11.1 Å². The van der Waals surface area contributed by atoms with Crippen LogP contribution in [0.1, 0.15) is 10.4 Å². The quantitative estimate of drug-likeness (QED) is 0.343.